The Kier molecular flexibility index (Phi) is 6.15. The summed E-state index contributed by atoms with van der Waals surface area (Å²) in [6.07, 6.45) is 0.281. The van der Waals surface area contributed by atoms with E-state index in [0.29, 0.717) is 24.3 Å². The van der Waals surface area contributed by atoms with Gasteiger partial charge in [-0.1, -0.05) is 19.1 Å². The number of halogens is 3. The maximum atomic E-state index is 13.5. The minimum absolute atomic E-state index is 0.177. The van der Waals surface area contributed by atoms with Gasteiger partial charge in [-0.15, -0.1) is 11.8 Å². The zero-order valence-corrected chi connectivity index (χ0v) is 18.5. The first-order valence-electron chi connectivity index (χ1n) is 10.2. The Hall–Kier alpha value is -3.00. The third-order valence-electron chi connectivity index (χ3n) is 5.50. The summed E-state index contributed by atoms with van der Waals surface area (Å²) in [6.45, 7) is 2.38. The molecular formula is C24H22F3N3OS. The van der Waals surface area contributed by atoms with Crippen molar-refractivity contribution in [2.45, 2.75) is 30.8 Å². The van der Waals surface area contributed by atoms with Crippen LogP contribution >= 0.6 is 11.8 Å². The smallest absolute Gasteiger partial charge is 0.308 e. The molecule has 2 heterocycles. The van der Waals surface area contributed by atoms with E-state index in [1.165, 1.54) is 4.90 Å². The average Bonchev–Trinajstić information content (AvgIpc) is 3.21. The maximum Gasteiger partial charge on any atom is 0.417 e. The molecule has 32 heavy (non-hydrogen) atoms. The highest BCUT2D eigenvalue weighted by Gasteiger charge is 2.36. The second-order valence-corrected chi connectivity index (χ2v) is 8.33. The molecule has 1 aromatic heterocycles. The first-order chi connectivity index (χ1) is 15.3. The number of urea groups is 1. The van der Waals surface area contributed by atoms with Crippen molar-refractivity contribution >= 4 is 29.2 Å². The number of fused-ring (bicyclic) bond motifs is 1. The molecule has 1 N–H and O–H groups in total. The van der Waals surface area contributed by atoms with E-state index in [1.54, 1.807) is 30.7 Å². The number of rotatable bonds is 4. The second-order valence-electron chi connectivity index (χ2n) is 7.48. The minimum atomic E-state index is -4.47. The lowest BCUT2D eigenvalue weighted by Crippen LogP contribution is -2.33. The largest absolute Gasteiger partial charge is 0.417 e. The van der Waals surface area contributed by atoms with E-state index in [1.807, 2.05) is 31.2 Å². The number of hydrogen-bond acceptors (Lipinski definition) is 3. The van der Waals surface area contributed by atoms with Crippen LogP contribution in [0.25, 0.3) is 11.1 Å². The Balaban J connectivity index is 1.53. The predicted octanol–water partition coefficient (Wildman–Crippen LogP) is 6.65. The number of alkyl halides is 3. The number of thioether (sulfide) groups is 1. The van der Waals surface area contributed by atoms with Crippen LogP contribution in [0.2, 0.25) is 0 Å². The van der Waals surface area contributed by atoms with Gasteiger partial charge in [0, 0.05) is 34.7 Å². The van der Waals surface area contributed by atoms with Crippen LogP contribution in [0, 0.1) is 0 Å². The number of anilines is 2. The molecule has 2 amide bonds. The van der Waals surface area contributed by atoms with Gasteiger partial charge in [0.1, 0.15) is 0 Å². The Bertz CT molecular complexity index is 1150. The van der Waals surface area contributed by atoms with Gasteiger partial charge in [-0.05, 0) is 72.2 Å². The molecular weight excluding hydrogens is 435 g/mol. The normalized spacial score (nSPS) is 13.2. The number of carbonyl (C=O) groups excluding carboxylic acids is 1. The molecule has 0 atom stereocenters. The molecule has 2 aromatic carbocycles. The SMILES string of the molecule is CCc1cc(-c2ccc(NC(=O)N3CCc4cc(SC)c(C(F)(F)F)cc43)cc2)ccn1. The molecule has 1 aliphatic heterocycles. The van der Waals surface area contributed by atoms with Crippen LogP contribution in [0.3, 0.4) is 0 Å². The molecule has 3 aromatic rings. The topological polar surface area (TPSA) is 45.2 Å². The molecule has 0 bridgehead atoms. The van der Waals surface area contributed by atoms with Gasteiger partial charge >= 0.3 is 12.2 Å². The van der Waals surface area contributed by atoms with Gasteiger partial charge < -0.3 is 5.32 Å². The average molecular weight is 458 g/mol. The van der Waals surface area contributed by atoms with Gasteiger partial charge in [-0.3, -0.25) is 9.88 Å². The summed E-state index contributed by atoms with van der Waals surface area (Å²) in [5, 5.41) is 2.80. The Labute approximate surface area is 188 Å². The van der Waals surface area contributed by atoms with Crippen molar-refractivity contribution in [1.82, 2.24) is 4.98 Å². The van der Waals surface area contributed by atoms with Crippen LogP contribution in [0.15, 0.2) is 59.6 Å². The van der Waals surface area contributed by atoms with Gasteiger partial charge in [-0.25, -0.2) is 4.79 Å². The molecule has 8 heteroatoms. The number of aromatic nitrogens is 1. The number of nitrogens with zero attached hydrogens (tertiary/aromatic N) is 2. The molecule has 0 aliphatic carbocycles. The lowest BCUT2D eigenvalue weighted by atomic mass is 10.1. The standard InChI is InChI=1S/C24H22F3N3OS/c1-3-18-12-16(8-10-28-18)15-4-6-19(7-5-15)29-23(31)30-11-9-17-13-22(32-2)20(14-21(17)30)24(25,26)27/h4-8,10,12-14H,3,9,11H2,1-2H3,(H,29,31). The Morgan fingerprint density at radius 1 is 1.12 bits per heavy atom. The highest BCUT2D eigenvalue weighted by Crippen LogP contribution is 2.42. The van der Waals surface area contributed by atoms with E-state index in [0.717, 1.165) is 46.6 Å². The van der Waals surface area contributed by atoms with Gasteiger partial charge in [0.2, 0.25) is 0 Å². The van der Waals surface area contributed by atoms with E-state index < -0.39 is 17.8 Å². The number of amides is 2. The van der Waals surface area contributed by atoms with E-state index in [4.69, 9.17) is 0 Å². The van der Waals surface area contributed by atoms with Crippen LogP contribution < -0.4 is 10.2 Å². The second kappa shape index (κ2) is 8.86. The van der Waals surface area contributed by atoms with Crippen molar-refractivity contribution in [3.8, 4) is 11.1 Å². The molecule has 1 aliphatic rings. The third-order valence-corrected chi connectivity index (χ3v) is 6.27. The summed E-state index contributed by atoms with van der Waals surface area (Å²) in [7, 11) is 0. The monoisotopic (exact) mass is 457 g/mol. The minimum Gasteiger partial charge on any atom is -0.308 e. The lowest BCUT2D eigenvalue weighted by Gasteiger charge is -2.20. The predicted molar refractivity (Wildman–Crippen MR) is 122 cm³/mol. The molecule has 166 valence electrons. The van der Waals surface area contributed by atoms with Crippen LogP contribution in [-0.4, -0.2) is 23.8 Å². The van der Waals surface area contributed by atoms with E-state index in [9.17, 15) is 18.0 Å². The fourth-order valence-electron chi connectivity index (χ4n) is 3.80. The molecule has 0 spiro atoms. The number of carbonyl (C=O) groups is 1. The van der Waals surface area contributed by atoms with E-state index in [2.05, 4.69) is 10.3 Å². The zero-order chi connectivity index (χ0) is 22.9. The van der Waals surface area contributed by atoms with Crippen molar-refractivity contribution in [3.05, 3.63) is 71.5 Å². The summed E-state index contributed by atoms with van der Waals surface area (Å²) in [5.41, 5.74) is 3.95. The quantitative estimate of drug-likeness (QED) is 0.447. The van der Waals surface area contributed by atoms with Crippen molar-refractivity contribution in [1.29, 1.82) is 0 Å². The number of nitrogens with one attached hydrogen (secondary N) is 1. The highest BCUT2D eigenvalue weighted by molar-refractivity contribution is 7.98. The van der Waals surface area contributed by atoms with Crippen molar-refractivity contribution < 1.29 is 18.0 Å². The van der Waals surface area contributed by atoms with Crippen LogP contribution in [-0.2, 0) is 19.0 Å². The highest BCUT2D eigenvalue weighted by atomic mass is 32.2. The van der Waals surface area contributed by atoms with Crippen LogP contribution in [0.5, 0.6) is 0 Å². The van der Waals surface area contributed by atoms with Crippen molar-refractivity contribution in [3.63, 3.8) is 0 Å². The van der Waals surface area contributed by atoms with Crippen molar-refractivity contribution in [2.24, 2.45) is 0 Å². The molecule has 0 radical (unpaired) electrons. The third kappa shape index (κ3) is 4.46. The number of aryl methyl sites for hydroxylation is 1. The zero-order valence-electron chi connectivity index (χ0n) is 17.7. The van der Waals surface area contributed by atoms with Crippen LogP contribution in [0.4, 0.5) is 29.3 Å². The molecule has 0 saturated carbocycles. The summed E-state index contributed by atoms with van der Waals surface area (Å²) in [4.78, 5) is 18.7. The fourth-order valence-corrected chi connectivity index (χ4v) is 4.46. The lowest BCUT2D eigenvalue weighted by molar-refractivity contribution is -0.139. The Morgan fingerprint density at radius 2 is 1.88 bits per heavy atom. The number of pyridine rings is 1. The molecule has 4 nitrogen and oxygen atoms in total. The van der Waals surface area contributed by atoms with E-state index in [-0.39, 0.29) is 4.90 Å². The summed E-state index contributed by atoms with van der Waals surface area (Å²) in [6, 6.07) is 13.5. The first kappa shape index (κ1) is 22.2. The molecule has 4 rings (SSSR count). The van der Waals surface area contributed by atoms with Gasteiger partial charge in [0.15, 0.2) is 0 Å². The van der Waals surface area contributed by atoms with E-state index >= 15 is 0 Å². The van der Waals surface area contributed by atoms with Crippen molar-refractivity contribution in [2.75, 3.05) is 23.0 Å². The number of benzene rings is 2. The van der Waals surface area contributed by atoms with Crippen LogP contribution in [0.1, 0.15) is 23.7 Å². The Morgan fingerprint density at radius 3 is 2.53 bits per heavy atom. The van der Waals surface area contributed by atoms with Gasteiger partial charge in [0.05, 0.1) is 5.56 Å². The summed E-state index contributed by atoms with van der Waals surface area (Å²) >= 11 is 1.06. The summed E-state index contributed by atoms with van der Waals surface area (Å²) < 4.78 is 40.4. The number of hydrogen-bond donors (Lipinski definition) is 1. The fraction of sp³-hybridized carbons (Fsp3) is 0.250. The molecule has 0 saturated heterocycles. The molecule has 0 fully saturated rings. The van der Waals surface area contributed by atoms with Gasteiger partial charge in [-0.2, -0.15) is 13.2 Å². The summed E-state index contributed by atoms with van der Waals surface area (Å²) in [5.74, 6) is 0. The maximum absolute atomic E-state index is 13.5. The molecule has 0 unspecified atom stereocenters. The first-order valence-corrected chi connectivity index (χ1v) is 11.4. The van der Waals surface area contributed by atoms with Gasteiger partial charge in [0.25, 0.3) is 0 Å².